The van der Waals surface area contributed by atoms with Crippen LogP contribution in [0, 0.1) is 0 Å². The van der Waals surface area contributed by atoms with E-state index in [9.17, 15) is 13.2 Å². The number of nitrogens with one attached hydrogen (secondary N) is 1. The number of hydrogen-bond donors (Lipinski definition) is 1. The van der Waals surface area contributed by atoms with Crippen LogP contribution in [0.1, 0.15) is 23.2 Å². The molecule has 1 amide bonds. The van der Waals surface area contributed by atoms with Crippen molar-refractivity contribution in [2.24, 2.45) is 0 Å². The van der Waals surface area contributed by atoms with Crippen molar-refractivity contribution in [1.82, 2.24) is 0 Å². The fourth-order valence-electron chi connectivity index (χ4n) is 2.63. The molecule has 3 rings (SSSR count). The van der Waals surface area contributed by atoms with E-state index in [0.29, 0.717) is 34.9 Å². The number of hydrogen-bond acceptors (Lipinski definition) is 3. The van der Waals surface area contributed by atoms with Gasteiger partial charge in [0.15, 0.2) is 0 Å². The molecule has 1 aliphatic heterocycles. The number of carbonyl (C=O) groups excluding carboxylic acids is 1. The molecule has 1 fully saturated rings. The van der Waals surface area contributed by atoms with Gasteiger partial charge in [-0.2, -0.15) is 0 Å². The van der Waals surface area contributed by atoms with Crippen molar-refractivity contribution in [3.05, 3.63) is 59.1 Å². The van der Waals surface area contributed by atoms with E-state index in [1.165, 1.54) is 10.4 Å². The molecule has 1 N–H and O–H groups in total. The third-order valence-electron chi connectivity index (χ3n) is 3.86. The van der Waals surface area contributed by atoms with E-state index in [-0.39, 0.29) is 11.7 Å². The lowest BCUT2D eigenvalue weighted by Gasteiger charge is -2.29. The van der Waals surface area contributed by atoms with Crippen LogP contribution in [0.5, 0.6) is 0 Å². The van der Waals surface area contributed by atoms with E-state index in [1.54, 1.807) is 24.3 Å². The molecule has 2 aromatic rings. The second-order valence-corrected chi connectivity index (χ2v) is 8.00. The molecule has 1 saturated heterocycles. The number of para-hydroxylation sites is 1. The number of halogens is 1. The van der Waals surface area contributed by atoms with Crippen molar-refractivity contribution in [2.75, 3.05) is 21.9 Å². The van der Waals surface area contributed by atoms with Gasteiger partial charge in [0.25, 0.3) is 5.91 Å². The standard InChI is InChI=1S/C17H17ClN2O3S/c18-15-9-8-13(17(21)19-14-6-2-1-3-7-14)12-16(15)20-10-4-5-11-24(20,22)23/h1-3,6-9,12H,4-5,10-11H2,(H,19,21). The van der Waals surface area contributed by atoms with Crippen LogP contribution >= 0.6 is 11.6 Å². The van der Waals surface area contributed by atoms with Crippen LogP contribution in [0.2, 0.25) is 5.02 Å². The average Bonchev–Trinajstić information content (AvgIpc) is 2.56. The van der Waals surface area contributed by atoms with E-state index < -0.39 is 10.0 Å². The van der Waals surface area contributed by atoms with Crippen molar-refractivity contribution in [3.8, 4) is 0 Å². The van der Waals surface area contributed by atoms with Crippen molar-refractivity contribution >= 4 is 38.9 Å². The Morgan fingerprint density at radius 3 is 2.54 bits per heavy atom. The molecule has 7 heteroatoms. The average molecular weight is 365 g/mol. The Morgan fingerprint density at radius 2 is 1.83 bits per heavy atom. The van der Waals surface area contributed by atoms with Gasteiger partial charge in [-0.15, -0.1) is 0 Å². The lowest BCUT2D eigenvalue weighted by Crippen LogP contribution is -2.38. The highest BCUT2D eigenvalue weighted by Crippen LogP contribution is 2.31. The summed E-state index contributed by atoms with van der Waals surface area (Å²) in [6.45, 7) is 0.381. The lowest BCUT2D eigenvalue weighted by molar-refractivity contribution is 0.102. The normalized spacial score (nSPS) is 16.6. The number of anilines is 2. The highest BCUT2D eigenvalue weighted by Gasteiger charge is 2.28. The Kier molecular flexibility index (Phi) is 4.78. The van der Waals surface area contributed by atoms with Gasteiger partial charge in [-0.25, -0.2) is 8.42 Å². The molecule has 0 atom stereocenters. The number of sulfonamides is 1. The number of carbonyl (C=O) groups is 1. The largest absolute Gasteiger partial charge is 0.322 e. The first-order valence-corrected chi connectivity index (χ1v) is 9.62. The molecule has 1 heterocycles. The molecular formula is C17H17ClN2O3S. The van der Waals surface area contributed by atoms with Crippen molar-refractivity contribution in [3.63, 3.8) is 0 Å². The number of benzene rings is 2. The first-order chi connectivity index (χ1) is 11.5. The van der Waals surface area contributed by atoms with Gasteiger partial charge in [0.2, 0.25) is 10.0 Å². The first kappa shape index (κ1) is 16.8. The van der Waals surface area contributed by atoms with Gasteiger partial charge in [0.1, 0.15) is 0 Å². The maximum Gasteiger partial charge on any atom is 0.255 e. The van der Waals surface area contributed by atoms with Gasteiger partial charge in [0, 0.05) is 17.8 Å². The fraction of sp³-hybridized carbons (Fsp3) is 0.235. The smallest absolute Gasteiger partial charge is 0.255 e. The van der Waals surface area contributed by atoms with Crippen LogP contribution < -0.4 is 9.62 Å². The van der Waals surface area contributed by atoms with Crippen LogP contribution in [0.4, 0.5) is 11.4 Å². The van der Waals surface area contributed by atoms with Gasteiger partial charge < -0.3 is 5.32 Å². The number of amides is 1. The summed E-state index contributed by atoms with van der Waals surface area (Å²) in [5.74, 6) is -0.211. The molecule has 126 valence electrons. The van der Waals surface area contributed by atoms with Crippen LogP contribution in [-0.2, 0) is 10.0 Å². The third kappa shape index (κ3) is 3.55. The summed E-state index contributed by atoms with van der Waals surface area (Å²) in [5, 5.41) is 3.09. The molecular weight excluding hydrogens is 348 g/mol. The van der Waals surface area contributed by atoms with Gasteiger partial charge in [-0.3, -0.25) is 9.10 Å². The summed E-state index contributed by atoms with van der Waals surface area (Å²) in [4.78, 5) is 12.4. The van der Waals surface area contributed by atoms with E-state index in [2.05, 4.69) is 5.32 Å². The topological polar surface area (TPSA) is 66.5 Å². The summed E-state index contributed by atoms with van der Waals surface area (Å²) < 4.78 is 25.9. The van der Waals surface area contributed by atoms with Gasteiger partial charge >= 0.3 is 0 Å². The summed E-state index contributed by atoms with van der Waals surface area (Å²) in [7, 11) is -3.38. The van der Waals surface area contributed by atoms with Crippen LogP contribution in [0.25, 0.3) is 0 Å². The Balaban J connectivity index is 1.90. The van der Waals surface area contributed by atoms with Crippen LogP contribution in [0.3, 0.4) is 0 Å². The summed E-state index contributed by atoms with van der Waals surface area (Å²) in [6, 6.07) is 13.7. The fourth-order valence-corrected chi connectivity index (χ4v) is 4.55. The second kappa shape index (κ2) is 6.83. The minimum atomic E-state index is -3.38. The number of rotatable bonds is 3. The molecule has 0 unspecified atom stereocenters. The van der Waals surface area contributed by atoms with Gasteiger partial charge in [0.05, 0.1) is 16.5 Å². The monoisotopic (exact) mass is 364 g/mol. The Hall–Kier alpha value is -2.05. The lowest BCUT2D eigenvalue weighted by atomic mass is 10.1. The zero-order valence-corrected chi connectivity index (χ0v) is 14.5. The van der Waals surface area contributed by atoms with Crippen molar-refractivity contribution in [2.45, 2.75) is 12.8 Å². The van der Waals surface area contributed by atoms with E-state index in [4.69, 9.17) is 11.6 Å². The Bertz CT molecular complexity index is 853. The maximum atomic E-state index is 12.4. The molecule has 1 aliphatic rings. The van der Waals surface area contributed by atoms with E-state index >= 15 is 0 Å². The molecule has 0 bridgehead atoms. The van der Waals surface area contributed by atoms with Crippen LogP contribution in [0.15, 0.2) is 48.5 Å². The summed E-state index contributed by atoms with van der Waals surface area (Å²) in [6.07, 6.45) is 1.42. The van der Waals surface area contributed by atoms with Crippen molar-refractivity contribution in [1.29, 1.82) is 0 Å². The predicted molar refractivity (Wildman–Crippen MR) is 96.2 cm³/mol. The molecule has 0 radical (unpaired) electrons. The molecule has 2 aromatic carbocycles. The van der Waals surface area contributed by atoms with E-state index in [1.807, 2.05) is 18.2 Å². The third-order valence-corrected chi connectivity index (χ3v) is 6.03. The van der Waals surface area contributed by atoms with E-state index in [0.717, 1.165) is 6.42 Å². The minimum Gasteiger partial charge on any atom is -0.322 e. The SMILES string of the molecule is O=C(Nc1ccccc1)c1ccc(Cl)c(N2CCCCS2(=O)=O)c1. The van der Waals surface area contributed by atoms with Gasteiger partial charge in [-0.1, -0.05) is 29.8 Å². The summed E-state index contributed by atoms with van der Waals surface area (Å²) >= 11 is 6.18. The quantitative estimate of drug-likeness (QED) is 0.906. The summed E-state index contributed by atoms with van der Waals surface area (Å²) in [5.41, 5.74) is 1.39. The molecule has 5 nitrogen and oxygen atoms in total. The zero-order chi connectivity index (χ0) is 17.2. The maximum absolute atomic E-state index is 12.4. The zero-order valence-electron chi connectivity index (χ0n) is 12.9. The molecule has 24 heavy (non-hydrogen) atoms. The molecule has 0 aliphatic carbocycles. The Labute approximate surface area is 146 Å². The second-order valence-electron chi connectivity index (χ2n) is 5.58. The molecule has 0 saturated carbocycles. The van der Waals surface area contributed by atoms with Crippen LogP contribution in [-0.4, -0.2) is 26.6 Å². The first-order valence-electron chi connectivity index (χ1n) is 7.64. The van der Waals surface area contributed by atoms with Crippen molar-refractivity contribution < 1.29 is 13.2 Å². The highest BCUT2D eigenvalue weighted by atomic mass is 35.5. The predicted octanol–water partition coefficient (Wildman–Crippen LogP) is 3.52. The minimum absolute atomic E-state index is 0.101. The molecule has 0 spiro atoms. The number of nitrogens with zero attached hydrogens (tertiary/aromatic N) is 1. The molecule has 0 aromatic heterocycles. The van der Waals surface area contributed by atoms with Gasteiger partial charge in [-0.05, 0) is 43.2 Å². The highest BCUT2D eigenvalue weighted by molar-refractivity contribution is 7.92. The Morgan fingerprint density at radius 1 is 1.08 bits per heavy atom.